The van der Waals surface area contributed by atoms with E-state index >= 15 is 0 Å². The Morgan fingerprint density at radius 2 is 2.00 bits per heavy atom. The number of rotatable bonds is 3. The van der Waals surface area contributed by atoms with Gasteiger partial charge in [-0.2, -0.15) is 0 Å². The summed E-state index contributed by atoms with van der Waals surface area (Å²) in [4.78, 5) is 22.6. The van der Waals surface area contributed by atoms with Crippen LogP contribution < -0.4 is 10.6 Å². The molecule has 0 heterocycles. The van der Waals surface area contributed by atoms with Crippen molar-refractivity contribution in [3.63, 3.8) is 0 Å². The van der Waals surface area contributed by atoms with E-state index in [4.69, 9.17) is 11.6 Å². The maximum absolute atomic E-state index is 11.5. The molecule has 5 nitrogen and oxygen atoms in total. The number of carbonyl (C=O) groups is 2. The number of nitrogens with one attached hydrogen (secondary N) is 2. The van der Waals surface area contributed by atoms with Crippen LogP contribution in [0.25, 0.3) is 0 Å². The smallest absolute Gasteiger partial charge is 0.328 e. The summed E-state index contributed by atoms with van der Waals surface area (Å²) < 4.78 is 4.48. The van der Waals surface area contributed by atoms with Gasteiger partial charge in [-0.15, -0.1) is 0 Å². The number of hydrogen-bond acceptors (Lipinski definition) is 3. The molecule has 1 aromatic rings. The highest BCUT2D eigenvalue weighted by atomic mass is 35.5. The highest BCUT2D eigenvalue weighted by molar-refractivity contribution is 6.33. The predicted octanol–water partition coefficient (Wildman–Crippen LogP) is 2.02. The molecule has 1 rings (SSSR count). The lowest BCUT2D eigenvalue weighted by atomic mass is 10.3. The van der Waals surface area contributed by atoms with Gasteiger partial charge in [-0.25, -0.2) is 9.59 Å². The molecule has 0 fully saturated rings. The van der Waals surface area contributed by atoms with Gasteiger partial charge < -0.3 is 15.4 Å². The third-order valence-corrected chi connectivity index (χ3v) is 2.35. The summed E-state index contributed by atoms with van der Waals surface area (Å²) in [6.45, 7) is 1.53. The van der Waals surface area contributed by atoms with Gasteiger partial charge in [0.2, 0.25) is 0 Å². The number of carbonyl (C=O) groups excluding carboxylic acids is 2. The molecule has 6 heteroatoms. The fraction of sp³-hybridized carbons (Fsp3) is 0.273. The summed E-state index contributed by atoms with van der Waals surface area (Å²) in [5, 5.41) is 5.38. The zero-order valence-corrected chi connectivity index (χ0v) is 10.2. The van der Waals surface area contributed by atoms with Gasteiger partial charge in [0.1, 0.15) is 6.04 Å². The van der Waals surface area contributed by atoms with Crippen LogP contribution in [0, 0.1) is 0 Å². The van der Waals surface area contributed by atoms with Crippen molar-refractivity contribution >= 4 is 29.3 Å². The van der Waals surface area contributed by atoms with Crippen LogP contribution in [-0.2, 0) is 9.53 Å². The lowest BCUT2D eigenvalue weighted by Gasteiger charge is -2.13. The van der Waals surface area contributed by atoms with Crippen molar-refractivity contribution in [1.82, 2.24) is 5.32 Å². The Kier molecular flexibility index (Phi) is 4.78. The summed E-state index contributed by atoms with van der Waals surface area (Å²) in [5.41, 5.74) is 0.476. The van der Waals surface area contributed by atoms with Gasteiger partial charge in [0.05, 0.1) is 17.8 Å². The van der Waals surface area contributed by atoms with E-state index in [2.05, 4.69) is 15.4 Å². The van der Waals surface area contributed by atoms with Crippen LogP contribution in [0.15, 0.2) is 24.3 Å². The number of methoxy groups -OCH3 is 1. The van der Waals surface area contributed by atoms with Crippen LogP contribution in [0.3, 0.4) is 0 Å². The maximum atomic E-state index is 11.5. The van der Waals surface area contributed by atoms with Crippen molar-refractivity contribution < 1.29 is 14.3 Å². The SMILES string of the molecule is COC(=O)[C@@H](C)NC(=O)Nc1ccccc1Cl. The van der Waals surface area contributed by atoms with E-state index in [0.29, 0.717) is 10.7 Å². The molecule has 92 valence electrons. The Bertz CT molecular complexity index is 423. The summed E-state index contributed by atoms with van der Waals surface area (Å²) in [6.07, 6.45) is 0. The van der Waals surface area contributed by atoms with Crippen molar-refractivity contribution in [2.45, 2.75) is 13.0 Å². The number of benzene rings is 1. The van der Waals surface area contributed by atoms with Crippen molar-refractivity contribution in [2.24, 2.45) is 0 Å². The molecule has 0 spiro atoms. The molecule has 2 N–H and O–H groups in total. The van der Waals surface area contributed by atoms with Crippen LogP contribution in [0.4, 0.5) is 10.5 Å². The summed E-state index contributed by atoms with van der Waals surface area (Å²) >= 11 is 5.86. The monoisotopic (exact) mass is 256 g/mol. The van der Waals surface area contributed by atoms with Gasteiger partial charge in [-0.1, -0.05) is 23.7 Å². The van der Waals surface area contributed by atoms with E-state index in [1.54, 1.807) is 24.3 Å². The Balaban J connectivity index is 2.56. The second-order valence-electron chi connectivity index (χ2n) is 3.32. The number of ether oxygens (including phenoxy) is 1. The van der Waals surface area contributed by atoms with Gasteiger partial charge in [-0.3, -0.25) is 0 Å². The Hall–Kier alpha value is -1.75. The minimum atomic E-state index is -0.720. The van der Waals surface area contributed by atoms with Gasteiger partial charge in [0.15, 0.2) is 0 Å². The minimum Gasteiger partial charge on any atom is -0.467 e. The molecule has 0 bridgehead atoms. The molecule has 2 amide bonds. The number of anilines is 1. The first kappa shape index (κ1) is 13.3. The van der Waals surface area contributed by atoms with Crippen LogP contribution in [-0.4, -0.2) is 25.2 Å². The standard InChI is InChI=1S/C11H13ClN2O3/c1-7(10(15)17-2)13-11(16)14-9-6-4-3-5-8(9)12/h3-7H,1-2H3,(H2,13,14,16)/t7-/m1/s1. The van der Waals surface area contributed by atoms with Gasteiger partial charge in [-0.05, 0) is 19.1 Å². The molecule has 1 atom stereocenters. The van der Waals surface area contributed by atoms with E-state index in [1.807, 2.05) is 0 Å². The zero-order valence-electron chi connectivity index (χ0n) is 9.49. The highest BCUT2D eigenvalue weighted by Crippen LogP contribution is 2.19. The van der Waals surface area contributed by atoms with E-state index in [1.165, 1.54) is 14.0 Å². The van der Waals surface area contributed by atoms with Crippen LogP contribution in [0.2, 0.25) is 5.02 Å². The van der Waals surface area contributed by atoms with E-state index in [0.717, 1.165) is 0 Å². The van der Waals surface area contributed by atoms with E-state index in [9.17, 15) is 9.59 Å². The lowest BCUT2D eigenvalue weighted by molar-refractivity contribution is -0.142. The third kappa shape index (κ3) is 3.96. The fourth-order valence-electron chi connectivity index (χ4n) is 1.15. The quantitative estimate of drug-likeness (QED) is 0.813. The second kappa shape index (κ2) is 6.10. The molecular formula is C11H13ClN2O3. The lowest BCUT2D eigenvalue weighted by Crippen LogP contribution is -2.41. The Morgan fingerprint density at radius 1 is 1.35 bits per heavy atom. The van der Waals surface area contributed by atoms with Crippen LogP contribution >= 0.6 is 11.6 Å². The minimum absolute atomic E-state index is 0.424. The summed E-state index contributed by atoms with van der Waals surface area (Å²) in [7, 11) is 1.26. The van der Waals surface area contributed by atoms with Crippen LogP contribution in [0.1, 0.15) is 6.92 Å². The molecule has 0 saturated carbocycles. The topological polar surface area (TPSA) is 67.4 Å². The van der Waals surface area contributed by atoms with E-state index < -0.39 is 18.0 Å². The molecule has 0 radical (unpaired) electrons. The maximum Gasteiger partial charge on any atom is 0.328 e. The number of esters is 1. The van der Waals surface area contributed by atoms with Gasteiger partial charge in [0.25, 0.3) is 0 Å². The number of amides is 2. The molecule has 1 aromatic carbocycles. The van der Waals surface area contributed by atoms with Gasteiger partial charge >= 0.3 is 12.0 Å². The first-order chi connectivity index (χ1) is 8.04. The average Bonchev–Trinajstić information content (AvgIpc) is 2.31. The molecule has 0 aliphatic rings. The second-order valence-corrected chi connectivity index (χ2v) is 3.73. The average molecular weight is 257 g/mol. The third-order valence-electron chi connectivity index (χ3n) is 2.02. The summed E-state index contributed by atoms with van der Waals surface area (Å²) in [5.74, 6) is -0.515. The number of halogens is 1. The number of hydrogen-bond donors (Lipinski definition) is 2. The molecule has 17 heavy (non-hydrogen) atoms. The van der Waals surface area contributed by atoms with E-state index in [-0.39, 0.29) is 0 Å². The first-order valence-corrected chi connectivity index (χ1v) is 5.32. The summed E-state index contributed by atoms with van der Waals surface area (Å²) in [6, 6.07) is 5.57. The normalized spacial score (nSPS) is 11.5. The van der Waals surface area contributed by atoms with Crippen LogP contribution in [0.5, 0.6) is 0 Å². The number of para-hydroxylation sites is 1. The molecule has 0 aliphatic carbocycles. The predicted molar refractivity (Wildman–Crippen MR) is 65.1 cm³/mol. The fourth-order valence-corrected chi connectivity index (χ4v) is 1.34. The molecule has 0 unspecified atom stereocenters. The first-order valence-electron chi connectivity index (χ1n) is 4.94. The molecular weight excluding hydrogens is 244 g/mol. The molecule has 0 aliphatic heterocycles. The number of urea groups is 1. The van der Waals surface area contributed by atoms with Crippen molar-refractivity contribution in [1.29, 1.82) is 0 Å². The van der Waals surface area contributed by atoms with Crippen molar-refractivity contribution in [2.75, 3.05) is 12.4 Å². The Morgan fingerprint density at radius 3 is 2.59 bits per heavy atom. The van der Waals surface area contributed by atoms with Crippen molar-refractivity contribution in [3.05, 3.63) is 29.3 Å². The molecule has 0 saturated heterocycles. The van der Waals surface area contributed by atoms with Gasteiger partial charge in [0, 0.05) is 0 Å². The molecule has 0 aromatic heterocycles. The Labute approximate surface area is 104 Å². The largest absolute Gasteiger partial charge is 0.467 e. The zero-order chi connectivity index (χ0) is 12.8. The van der Waals surface area contributed by atoms with Crippen molar-refractivity contribution in [3.8, 4) is 0 Å². The highest BCUT2D eigenvalue weighted by Gasteiger charge is 2.15.